The van der Waals surface area contributed by atoms with Crippen LogP contribution >= 0.6 is 35.6 Å². The van der Waals surface area contributed by atoms with Crippen LogP contribution in [0.5, 0.6) is 0 Å². The molecule has 1 aromatic heterocycles. The summed E-state index contributed by atoms with van der Waals surface area (Å²) in [6.07, 6.45) is 3.84. The number of anilines is 1. The lowest BCUT2D eigenvalue weighted by molar-refractivity contribution is -0.122. The molecule has 0 atom stereocenters. The second-order valence-electron chi connectivity index (χ2n) is 7.77. The average molecular weight is 485 g/mol. The van der Waals surface area contributed by atoms with Crippen LogP contribution in [0.15, 0.2) is 34.0 Å². The van der Waals surface area contributed by atoms with Crippen molar-refractivity contribution < 1.29 is 4.79 Å². The smallest absolute Gasteiger partial charge is 0.270 e. The summed E-state index contributed by atoms with van der Waals surface area (Å²) in [6.45, 7) is 3.70. The van der Waals surface area contributed by atoms with Gasteiger partial charge in [-0.2, -0.15) is 5.26 Å². The molecule has 6 nitrogen and oxygen atoms in total. The molecule has 9 heteroatoms. The maximum absolute atomic E-state index is 13.2. The highest BCUT2D eigenvalue weighted by atomic mass is 35.5. The van der Waals surface area contributed by atoms with Gasteiger partial charge in [-0.25, -0.2) is 0 Å². The zero-order valence-corrected chi connectivity index (χ0v) is 20.1. The van der Waals surface area contributed by atoms with E-state index in [0.717, 1.165) is 37.3 Å². The first-order valence-corrected chi connectivity index (χ1v) is 11.8. The highest BCUT2D eigenvalue weighted by molar-refractivity contribution is 8.26. The molecule has 0 unspecified atom stereocenters. The summed E-state index contributed by atoms with van der Waals surface area (Å²) < 4.78 is 1.97. The summed E-state index contributed by atoms with van der Waals surface area (Å²) in [7, 11) is 1.68. The van der Waals surface area contributed by atoms with E-state index in [1.54, 1.807) is 26.1 Å². The number of pyridine rings is 1. The van der Waals surface area contributed by atoms with Crippen molar-refractivity contribution in [3.63, 3.8) is 0 Å². The lowest BCUT2D eigenvalue weighted by atomic mass is 10.0. The predicted octanol–water partition coefficient (Wildman–Crippen LogP) is 4.22. The number of hydrogen-bond donors (Lipinski definition) is 0. The van der Waals surface area contributed by atoms with Crippen molar-refractivity contribution in [2.24, 2.45) is 7.05 Å². The number of carbonyl (C=O) groups excluding carboxylic acids is 1. The molecule has 0 spiro atoms. The van der Waals surface area contributed by atoms with Crippen molar-refractivity contribution in [3.8, 4) is 6.07 Å². The number of hydrogen-bond acceptors (Lipinski definition) is 6. The Hall–Kier alpha value is -2.60. The number of thioether (sulfide) groups is 1. The van der Waals surface area contributed by atoms with Gasteiger partial charge >= 0.3 is 0 Å². The highest BCUT2D eigenvalue weighted by Crippen LogP contribution is 2.37. The number of thiocarbonyl (C=S) groups is 1. The Labute approximate surface area is 201 Å². The molecule has 3 heterocycles. The maximum Gasteiger partial charge on any atom is 0.270 e. The Morgan fingerprint density at radius 3 is 2.59 bits per heavy atom. The lowest BCUT2D eigenvalue weighted by Gasteiger charge is -2.25. The molecular weight excluding hydrogens is 464 g/mol. The van der Waals surface area contributed by atoms with Crippen molar-refractivity contribution in [1.29, 1.82) is 5.26 Å². The summed E-state index contributed by atoms with van der Waals surface area (Å²) in [4.78, 5) is 30.2. The van der Waals surface area contributed by atoms with Crippen LogP contribution in [-0.2, 0) is 18.4 Å². The Bertz CT molecular complexity index is 1260. The molecule has 1 amide bonds. The minimum absolute atomic E-state index is 0.0910. The quantitative estimate of drug-likeness (QED) is 0.478. The summed E-state index contributed by atoms with van der Waals surface area (Å²) in [5, 5.41) is 10.2. The monoisotopic (exact) mass is 484 g/mol. The van der Waals surface area contributed by atoms with E-state index < -0.39 is 0 Å². The van der Waals surface area contributed by atoms with E-state index in [1.807, 2.05) is 24.3 Å². The van der Waals surface area contributed by atoms with Crippen LogP contribution in [-0.4, -0.2) is 32.8 Å². The third kappa shape index (κ3) is 3.96. The molecule has 164 valence electrons. The zero-order valence-electron chi connectivity index (χ0n) is 17.7. The molecule has 32 heavy (non-hydrogen) atoms. The first kappa shape index (κ1) is 22.6. The van der Waals surface area contributed by atoms with Gasteiger partial charge < -0.3 is 4.90 Å². The Balaban J connectivity index is 1.78. The number of nitrogens with zero attached hydrogens (tertiary/aromatic N) is 4. The standard InChI is InChI=1S/C23H21ClN4O2S2/c1-14-16(20(27-9-5-6-10-27)26(2)21(29)17(14)12-25)11-19-22(30)28(23(31)32-19)13-15-7-3-4-8-18(15)24/h3-4,7-8,11H,5-6,9-10,13H2,1-2H3/b19-11-. The fraction of sp³-hybridized carbons (Fsp3) is 0.304. The molecule has 0 aliphatic carbocycles. The topological polar surface area (TPSA) is 69.3 Å². The summed E-state index contributed by atoms with van der Waals surface area (Å²) in [5.41, 5.74) is 1.87. The van der Waals surface area contributed by atoms with E-state index in [2.05, 4.69) is 4.90 Å². The normalized spacial score (nSPS) is 17.5. The van der Waals surface area contributed by atoms with E-state index in [9.17, 15) is 14.9 Å². The molecule has 2 aromatic rings. The van der Waals surface area contributed by atoms with Crippen molar-refractivity contribution >= 4 is 57.7 Å². The van der Waals surface area contributed by atoms with Gasteiger partial charge in [-0.15, -0.1) is 0 Å². The zero-order chi connectivity index (χ0) is 23.0. The molecule has 2 aliphatic heterocycles. The Morgan fingerprint density at radius 1 is 1.25 bits per heavy atom. The van der Waals surface area contributed by atoms with Crippen molar-refractivity contribution in [3.05, 3.63) is 66.8 Å². The molecular formula is C23H21ClN4O2S2. The van der Waals surface area contributed by atoms with E-state index in [0.29, 0.717) is 25.4 Å². The first-order chi connectivity index (χ1) is 15.3. The van der Waals surface area contributed by atoms with Crippen molar-refractivity contribution in [1.82, 2.24) is 9.47 Å². The Morgan fingerprint density at radius 2 is 1.94 bits per heavy atom. The summed E-state index contributed by atoms with van der Waals surface area (Å²) in [6, 6.07) is 9.39. The molecule has 0 saturated carbocycles. The largest absolute Gasteiger partial charge is 0.357 e. The minimum atomic E-state index is -0.324. The van der Waals surface area contributed by atoms with Gasteiger partial charge in [-0.05, 0) is 43.0 Å². The van der Waals surface area contributed by atoms with Crippen LogP contribution in [0.25, 0.3) is 6.08 Å². The fourth-order valence-corrected chi connectivity index (χ4v) is 5.52. The van der Waals surface area contributed by atoms with Gasteiger partial charge in [0.15, 0.2) is 0 Å². The van der Waals surface area contributed by atoms with E-state index >= 15 is 0 Å². The third-order valence-electron chi connectivity index (χ3n) is 5.81. The number of carbonyl (C=O) groups is 1. The van der Waals surface area contributed by atoms with Crippen LogP contribution < -0.4 is 10.5 Å². The van der Waals surface area contributed by atoms with Gasteiger partial charge in [-0.1, -0.05) is 53.8 Å². The SMILES string of the molecule is Cc1c(/C=C2\SC(=S)N(Cc3ccccc3Cl)C2=O)c(N2CCCC2)n(C)c(=O)c1C#N. The predicted molar refractivity (Wildman–Crippen MR) is 133 cm³/mol. The molecule has 0 bridgehead atoms. The molecule has 0 radical (unpaired) electrons. The van der Waals surface area contributed by atoms with Crippen LogP contribution in [0.4, 0.5) is 5.82 Å². The third-order valence-corrected chi connectivity index (χ3v) is 7.56. The van der Waals surface area contributed by atoms with Crippen molar-refractivity contribution in [2.75, 3.05) is 18.0 Å². The van der Waals surface area contributed by atoms with Crippen LogP contribution in [0.1, 0.15) is 35.1 Å². The average Bonchev–Trinajstić information content (AvgIpc) is 3.38. The molecule has 0 N–H and O–H groups in total. The number of nitriles is 1. The van der Waals surface area contributed by atoms with E-state index in [4.69, 9.17) is 23.8 Å². The van der Waals surface area contributed by atoms with Gasteiger partial charge in [0.2, 0.25) is 0 Å². The van der Waals surface area contributed by atoms with E-state index in [-0.39, 0.29) is 23.6 Å². The lowest BCUT2D eigenvalue weighted by Crippen LogP contribution is -2.31. The molecule has 1 aromatic carbocycles. The van der Waals surface area contributed by atoms with Gasteiger partial charge in [-0.3, -0.25) is 19.1 Å². The second-order valence-corrected chi connectivity index (χ2v) is 9.85. The van der Waals surface area contributed by atoms with Crippen LogP contribution in [0, 0.1) is 18.3 Å². The Kier molecular flexibility index (Phi) is 6.42. The maximum atomic E-state index is 13.2. The highest BCUT2D eigenvalue weighted by Gasteiger charge is 2.33. The second kappa shape index (κ2) is 9.10. The fourth-order valence-electron chi connectivity index (χ4n) is 4.09. The van der Waals surface area contributed by atoms with Crippen LogP contribution in [0.2, 0.25) is 5.02 Å². The minimum Gasteiger partial charge on any atom is -0.357 e. The van der Waals surface area contributed by atoms with E-state index in [1.165, 1.54) is 21.2 Å². The molecule has 2 aliphatic rings. The number of aromatic nitrogens is 1. The summed E-state index contributed by atoms with van der Waals surface area (Å²) in [5.74, 6) is 0.527. The number of benzene rings is 1. The van der Waals surface area contributed by atoms with Gasteiger partial charge in [0.25, 0.3) is 11.5 Å². The van der Waals surface area contributed by atoms with Gasteiger partial charge in [0.1, 0.15) is 21.8 Å². The van der Waals surface area contributed by atoms with Gasteiger partial charge in [0, 0.05) is 30.7 Å². The molecule has 4 rings (SSSR count). The molecule has 2 fully saturated rings. The van der Waals surface area contributed by atoms with Crippen LogP contribution in [0.3, 0.4) is 0 Å². The molecule has 2 saturated heterocycles. The number of rotatable bonds is 4. The van der Waals surface area contributed by atoms with Gasteiger partial charge in [0.05, 0.1) is 11.4 Å². The number of halogens is 1. The van der Waals surface area contributed by atoms with Crippen molar-refractivity contribution in [2.45, 2.75) is 26.3 Å². The first-order valence-electron chi connectivity index (χ1n) is 10.2. The summed E-state index contributed by atoms with van der Waals surface area (Å²) >= 11 is 13.0. The number of amides is 1.